The number of nitrogen functional groups attached to an aromatic ring is 1. The second-order valence-electron chi connectivity index (χ2n) is 5.08. The van der Waals surface area contributed by atoms with Gasteiger partial charge >= 0.3 is 12.1 Å². The van der Waals surface area contributed by atoms with Crippen LogP contribution in [0.2, 0.25) is 0 Å². The molecule has 4 N–H and O–H groups in total. The van der Waals surface area contributed by atoms with Crippen LogP contribution in [-0.4, -0.2) is 22.8 Å². The number of carboxylic acid groups (broad SMARTS) is 1. The van der Waals surface area contributed by atoms with Gasteiger partial charge in [0, 0.05) is 12.2 Å². The summed E-state index contributed by atoms with van der Waals surface area (Å²) in [6.45, 7) is 5.46. The van der Waals surface area contributed by atoms with Gasteiger partial charge in [-0.1, -0.05) is 6.07 Å². The van der Waals surface area contributed by atoms with Crippen LogP contribution in [0.15, 0.2) is 18.2 Å². The third-order valence-corrected chi connectivity index (χ3v) is 2.18. The number of nitrogens with one attached hydrogen (secondary N) is 1. The fourth-order valence-corrected chi connectivity index (χ4v) is 1.39. The predicted molar refractivity (Wildman–Crippen MR) is 70.9 cm³/mol. The number of ether oxygens (including phenoxy) is 1. The zero-order chi connectivity index (χ0) is 14.6. The van der Waals surface area contributed by atoms with E-state index in [2.05, 4.69) is 5.32 Å². The lowest BCUT2D eigenvalue weighted by atomic mass is 10.1. The minimum absolute atomic E-state index is 0.0171. The molecule has 0 unspecified atom stereocenters. The van der Waals surface area contributed by atoms with Crippen molar-refractivity contribution in [3.63, 3.8) is 0 Å². The number of carboxylic acids is 1. The Morgan fingerprint density at radius 2 is 2.00 bits per heavy atom. The summed E-state index contributed by atoms with van der Waals surface area (Å²) in [7, 11) is 0. The van der Waals surface area contributed by atoms with Crippen molar-refractivity contribution < 1.29 is 19.4 Å². The molecular formula is C13H18N2O4. The number of hydrogen-bond donors (Lipinski definition) is 3. The summed E-state index contributed by atoms with van der Waals surface area (Å²) in [6, 6.07) is 4.57. The largest absolute Gasteiger partial charge is 0.478 e. The van der Waals surface area contributed by atoms with Crippen molar-refractivity contribution >= 4 is 17.7 Å². The SMILES string of the molecule is CC(C)(C)OC(=O)NCc1ccc(N)c(C(=O)O)c1. The highest BCUT2D eigenvalue weighted by molar-refractivity contribution is 5.93. The van der Waals surface area contributed by atoms with Gasteiger partial charge in [0.25, 0.3) is 0 Å². The molecule has 0 bridgehead atoms. The highest BCUT2D eigenvalue weighted by Gasteiger charge is 2.16. The van der Waals surface area contributed by atoms with Gasteiger partial charge in [0.05, 0.1) is 5.56 Å². The summed E-state index contributed by atoms with van der Waals surface area (Å²) in [6.07, 6.45) is -0.554. The number of aromatic carboxylic acids is 1. The minimum Gasteiger partial charge on any atom is -0.478 e. The Hall–Kier alpha value is -2.24. The molecule has 0 spiro atoms. The Morgan fingerprint density at radius 1 is 1.37 bits per heavy atom. The zero-order valence-electron chi connectivity index (χ0n) is 11.2. The van der Waals surface area contributed by atoms with Crippen LogP contribution in [0.4, 0.5) is 10.5 Å². The minimum atomic E-state index is -1.10. The Kier molecular flexibility index (Phi) is 4.37. The molecule has 0 heterocycles. The van der Waals surface area contributed by atoms with Crippen LogP contribution in [0.25, 0.3) is 0 Å². The van der Waals surface area contributed by atoms with Crippen LogP contribution in [0.1, 0.15) is 36.7 Å². The Balaban J connectivity index is 2.66. The second-order valence-corrected chi connectivity index (χ2v) is 5.08. The van der Waals surface area contributed by atoms with Gasteiger partial charge in [0.1, 0.15) is 5.60 Å². The van der Waals surface area contributed by atoms with E-state index in [0.717, 1.165) is 0 Å². The number of hydrogen-bond acceptors (Lipinski definition) is 4. The molecule has 104 valence electrons. The molecule has 0 aliphatic carbocycles. The number of nitrogens with two attached hydrogens (primary N) is 1. The van der Waals surface area contributed by atoms with Gasteiger partial charge in [-0.2, -0.15) is 0 Å². The van der Waals surface area contributed by atoms with Crippen LogP contribution in [0.5, 0.6) is 0 Å². The van der Waals surface area contributed by atoms with Gasteiger partial charge in [-0.25, -0.2) is 9.59 Å². The first kappa shape index (κ1) is 14.8. The first-order valence-corrected chi connectivity index (χ1v) is 5.77. The molecule has 0 aliphatic rings. The second kappa shape index (κ2) is 5.60. The monoisotopic (exact) mass is 266 g/mol. The first-order valence-electron chi connectivity index (χ1n) is 5.77. The number of carbonyl (C=O) groups is 2. The maximum absolute atomic E-state index is 11.4. The highest BCUT2D eigenvalue weighted by Crippen LogP contribution is 2.14. The quantitative estimate of drug-likeness (QED) is 0.726. The van der Waals surface area contributed by atoms with Gasteiger partial charge in [-0.05, 0) is 38.5 Å². The lowest BCUT2D eigenvalue weighted by molar-refractivity contribution is 0.0523. The fraction of sp³-hybridized carbons (Fsp3) is 0.385. The molecule has 0 fully saturated rings. The molecule has 1 aromatic rings. The van der Waals surface area contributed by atoms with E-state index < -0.39 is 17.7 Å². The predicted octanol–water partition coefficient (Wildman–Crippen LogP) is 1.99. The number of anilines is 1. The molecular weight excluding hydrogens is 248 g/mol. The van der Waals surface area contributed by atoms with E-state index in [0.29, 0.717) is 5.56 Å². The zero-order valence-corrected chi connectivity index (χ0v) is 11.2. The van der Waals surface area contributed by atoms with Crippen LogP contribution in [0.3, 0.4) is 0 Å². The molecule has 1 aromatic carbocycles. The molecule has 1 rings (SSSR count). The van der Waals surface area contributed by atoms with Gasteiger partial charge in [0.2, 0.25) is 0 Å². The van der Waals surface area contributed by atoms with Crippen molar-refractivity contribution in [2.24, 2.45) is 0 Å². The van der Waals surface area contributed by atoms with E-state index in [4.69, 9.17) is 15.6 Å². The van der Waals surface area contributed by atoms with E-state index in [1.54, 1.807) is 26.8 Å². The lowest BCUT2D eigenvalue weighted by Crippen LogP contribution is -2.32. The summed E-state index contributed by atoms with van der Waals surface area (Å²) >= 11 is 0. The molecule has 0 radical (unpaired) electrons. The van der Waals surface area contributed by atoms with Crippen molar-refractivity contribution in [1.29, 1.82) is 0 Å². The van der Waals surface area contributed by atoms with Gasteiger partial charge in [0.15, 0.2) is 0 Å². The first-order chi connectivity index (χ1) is 8.69. The molecule has 1 amide bonds. The maximum Gasteiger partial charge on any atom is 0.407 e. The topological polar surface area (TPSA) is 102 Å². The Morgan fingerprint density at radius 3 is 2.53 bits per heavy atom. The molecule has 6 heteroatoms. The number of carbonyl (C=O) groups excluding carboxylic acids is 1. The average Bonchev–Trinajstić information content (AvgIpc) is 2.25. The number of alkyl carbamates (subject to hydrolysis) is 1. The summed E-state index contributed by atoms with van der Waals surface area (Å²) in [5, 5.41) is 11.5. The smallest absolute Gasteiger partial charge is 0.407 e. The third kappa shape index (κ3) is 4.87. The lowest BCUT2D eigenvalue weighted by Gasteiger charge is -2.19. The third-order valence-electron chi connectivity index (χ3n) is 2.18. The Bertz CT molecular complexity index is 492. The molecule has 0 saturated heterocycles. The average molecular weight is 266 g/mol. The van der Waals surface area contributed by atoms with Crippen molar-refractivity contribution in [2.75, 3.05) is 5.73 Å². The van der Waals surface area contributed by atoms with Crippen molar-refractivity contribution in [3.8, 4) is 0 Å². The normalized spacial score (nSPS) is 10.9. The van der Waals surface area contributed by atoms with Gasteiger partial charge < -0.3 is 20.9 Å². The Labute approximate surface area is 111 Å². The van der Waals surface area contributed by atoms with E-state index >= 15 is 0 Å². The van der Waals surface area contributed by atoms with E-state index in [-0.39, 0.29) is 17.8 Å². The van der Waals surface area contributed by atoms with E-state index in [9.17, 15) is 9.59 Å². The molecule has 0 aromatic heterocycles. The van der Waals surface area contributed by atoms with Crippen LogP contribution < -0.4 is 11.1 Å². The molecule has 0 aliphatic heterocycles. The van der Waals surface area contributed by atoms with Crippen molar-refractivity contribution in [3.05, 3.63) is 29.3 Å². The highest BCUT2D eigenvalue weighted by atomic mass is 16.6. The van der Waals surface area contributed by atoms with Crippen LogP contribution in [0, 0.1) is 0 Å². The summed E-state index contributed by atoms with van der Waals surface area (Å²) in [5.74, 6) is -1.10. The standard InChI is InChI=1S/C13H18N2O4/c1-13(2,3)19-12(18)15-7-8-4-5-10(14)9(6-8)11(16)17/h4-6H,7,14H2,1-3H3,(H,15,18)(H,16,17). The van der Waals surface area contributed by atoms with Crippen LogP contribution >= 0.6 is 0 Å². The van der Waals surface area contributed by atoms with E-state index in [1.165, 1.54) is 12.1 Å². The van der Waals surface area contributed by atoms with Crippen molar-refractivity contribution in [2.45, 2.75) is 32.9 Å². The summed E-state index contributed by atoms with van der Waals surface area (Å²) in [5.41, 5.74) is 5.81. The number of benzene rings is 1. The number of rotatable bonds is 3. The van der Waals surface area contributed by atoms with Gasteiger partial charge in [-0.3, -0.25) is 0 Å². The molecule has 6 nitrogen and oxygen atoms in total. The summed E-state index contributed by atoms with van der Waals surface area (Å²) in [4.78, 5) is 22.4. The number of amides is 1. The maximum atomic E-state index is 11.4. The summed E-state index contributed by atoms with van der Waals surface area (Å²) < 4.78 is 5.07. The molecule has 0 atom stereocenters. The van der Waals surface area contributed by atoms with Crippen LogP contribution in [-0.2, 0) is 11.3 Å². The fourth-order valence-electron chi connectivity index (χ4n) is 1.39. The molecule has 19 heavy (non-hydrogen) atoms. The van der Waals surface area contributed by atoms with Gasteiger partial charge in [-0.15, -0.1) is 0 Å². The molecule has 0 saturated carbocycles. The van der Waals surface area contributed by atoms with E-state index in [1.807, 2.05) is 0 Å². The van der Waals surface area contributed by atoms with Crippen molar-refractivity contribution in [1.82, 2.24) is 5.32 Å².